The van der Waals surface area contributed by atoms with Crippen LogP contribution in [0.25, 0.3) is 0 Å². The molecule has 1 aliphatic heterocycles. The second kappa shape index (κ2) is 5.37. The molecule has 0 bridgehead atoms. The first-order valence-corrected chi connectivity index (χ1v) is 6.71. The van der Waals surface area contributed by atoms with Gasteiger partial charge in [0, 0.05) is 15.5 Å². The molecule has 7 heteroatoms. The third kappa shape index (κ3) is 2.25. The van der Waals surface area contributed by atoms with Gasteiger partial charge in [0.05, 0.1) is 12.1 Å². The molecule has 1 aliphatic rings. The van der Waals surface area contributed by atoms with Gasteiger partial charge >= 0.3 is 0 Å². The molecule has 2 unspecified atom stereocenters. The average Bonchev–Trinajstić information content (AvgIpc) is 2.38. The third-order valence-corrected chi connectivity index (χ3v) is 4.29. The van der Waals surface area contributed by atoms with E-state index in [0.717, 1.165) is 0 Å². The molecule has 1 aromatic carbocycles. The lowest BCUT2D eigenvalue weighted by atomic mass is 9.62. The van der Waals surface area contributed by atoms with E-state index in [2.05, 4.69) is 0 Å². The van der Waals surface area contributed by atoms with Crippen molar-refractivity contribution < 1.29 is 9.59 Å². The quantitative estimate of drug-likeness (QED) is 0.802. The number of hydrogen-bond donors (Lipinski definition) is 1. The van der Waals surface area contributed by atoms with Crippen molar-refractivity contribution in [1.82, 2.24) is 5.32 Å². The van der Waals surface area contributed by atoms with E-state index in [0.29, 0.717) is 10.6 Å². The Morgan fingerprint density at radius 3 is 2.10 bits per heavy atom. The van der Waals surface area contributed by atoms with Crippen molar-refractivity contribution in [3.8, 4) is 12.1 Å². The Morgan fingerprint density at radius 2 is 1.67 bits per heavy atom. The molecule has 1 heterocycles. The number of nitrogens with one attached hydrogen (secondary N) is 1. The van der Waals surface area contributed by atoms with E-state index in [1.165, 1.54) is 25.1 Å². The summed E-state index contributed by atoms with van der Waals surface area (Å²) in [6, 6.07) is 8.24. The Hall–Kier alpha value is -2.08. The molecule has 1 saturated heterocycles. The summed E-state index contributed by atoms with van der Waals surface area (Å²) >= 11 is 12.0. The zero-order valence-electron chi connectivity index (χ0n) is 10.9. The molecule has 2 rings (SSSR count). The Labute approximate surface area is 131 Å². The molecule has 2 atom stereocenters. The first kappa shape index (κ1) is 15.3. The second-order valence-corrected chi connectivity index (χ2v) is 5.73. The molecule has 1 fully saturated rings. The van der Waals surface area contributed by atoms with Gasteiger partial charge < -0.3 is 0 Å². The number of hydrogen-bond acceptors (Lipinski definition) is 4. The molecule has 21 heavy (non-hydrogen) atoms. The summed E-state index contributed by atoms with van der Waals surface area (Å²) in [4.78, 5) is 23.9. The van der Waals surface area contributed by atoms with Crippen LogP contribution in [0.3, 0.4) is 0 Å². The van der Waals surface area contributed by atoms with Gasteiger partial charge in [0.2, 0.25) is 11.8 Å². The summed E-state index contributed by atoms with van der Waals surface area (Å²) < 4.78 is 0. The predicted octanol–water partition coefficient (Wildman–Crippen LogP) is 2.19. The molecule has 1 N–H and O–H groups in total. The highest BCUT2D eigenvalue weighted by Crippen LogP contribution is 2.45. The van der Waals surface area contributed by atoms with Crippen LogP contribution >= 0.6 is 23.2 Å². The van der Waals surface area contributed by atoms with Crippen molar-refractivity contribution in [3.63, 3.8) is 0 Å². The fourth-order valence-electron chi connectivity index (χ4n) is 2.60. The minimum Gasteiger partial charge on any atom is -0.294 e. The standard InChI is InChI=1S/C14H9Cl2N3O2/c1-14(8-3-2-7(15)4-11(8)16)9(5-17)12(20)19-13(21)10(14)6-18/h2-4,9-10H,1H3,(H,19,20,21). The van der Waals surface area contributed by atoms with Gasteiger partial charge in [0.1, 0.15) is 11.8 Å². The smallest absolute Gasteiger partial charge is 0.244 e. The fourth-order valence-corrected chi connectivity index (χ4v) is 3.21. The number of carbonyl (C=O) groups is 2. The highest BCUT2D eigenvalue weighted by atomic mass is 35.5. The number of benzene rings is 1. The lowest BCUT2D eigenvalue weighted by Gasteiger charge is -2.40. The van der Waals surface area contributed by atoms with Crippen LogP contribution in [-0.4, -0.2) is 11.8 Å². The van der Waals surface area contributed by atoms with Crippen molar-refractivity contribution >= 4 is 35.0 Å². The lowest BCUT2D eigenvalue weighted by Crippen LogP contribution is -2.58. The SMILES string of the molecule is CC1(c2ccc(Cl)cc2Cl)C(C#N)C(=O)NC(=O)C1C#N. The first-order valence-electron chi connectivity index (χ1n) is 5.95. The van der Waals surface area contributed by atoms with Gasteiger partial charge in [-0.3, -0.25) is 14.9 Å². The number of rotatable bonds is 1. The van der Waals surface area contributed by atoms with Crippen LogP contribution < -0.4 is 5.32 Å². The van der Waals surface area contributed by atoms with E-state index in [-0.39, 0.29) is 5.02 Å². The van der Waals surface area contributed by atoms with Crippen LogP contribution in [0.2, 0.25) is 10.0 Å². The highest BCUT2D eigenvalue weighted by molar-refractivity contribution is 6.35. The van der Waals surface area contributed by atoms with E-state index in [9.17, 15) is 20.1 Å². The number of carbonyl (C=O) groups excluding carboxylic acids is 2. The summed E-state index contributed by atoms with van der Waals surface area (Å²) in [6.45, 7) is 1.51. The van der Waals surface area contributed by atoms with Crippen molar-refractivity contribution in [2.24, 2.45) is 11.8 Å². The van der Waals surface area contributed by atoms with Gasteiger partial charge in [-0.05, 0) is 17.7 Å². The maximum Gasteiger partial charge on any atom is 0.244 e. The number of halogens is 2. The topological polar surface area (TPSA) is 93.8 Å². The van der Waals surface area contributed by atoms with Crippen LogP contribution in [0.1, 0.15) is 12.5 Å². The minimum absolute atomic E-state index is 0.202. The van der Waals surface area contributed by atoms with Gasteiger partial charge in [0.15, 0.2) is 0 Å². The van der Waals surface area contributed by atoms with Crippen LogP contribution in [-0.2, 0) is 15.0 Å². The Bertz CT molecular complexity index is 686. The van der Waals surface area contributed by atoms with Gasteiger partial charge in [-0.1, -0.05) is 36.2 Å². The highest BCUT2D eigenvalue weighted by Gasteiger charge is 2.55. The van der Waals surface area contributed by atoms with E-state index < -0.39 is 29.1 Å². The number of imide groups is 1. The maximum absolute atomic E-state index is 11.9. The largest absolute Gasteiger partial charge is 0.294 e. The van der Waals surface area contributed by atoms with E-state index in [1.54, 1.807) is 0 Å². The van der Waals surface area contributed by atoms with Crippen molar-refractivity contribution in [2.45, 2.75) is 12.3 Å². The average molecular weight is 322 g/mol. The molecular formula is C14H9Cl2N3O2. The van der Waals surface area contributed by atoms with Crippen molar-refractivity contribution in [3.05, 3.63) is 33.8 Å². The molecule has 0 aliphatic carbocycles. The summed E-state index contributed by atoms with van der Waals surface area (Å²) in [5.41, 5.74) is -0.972. The molecule has 0 spiro atoms. The summed E-state index contributed by atoms with van der Waals surface area (Å²) in [7, 11) is 0. The zero-order valence-corrected chi connectivity index (χ0v) is 12.4. The van der Waals surface area contributed by atoms with Crippen LogP contribution in [0.4, 0.5) is 0 Å². The number of piperidine rings is 1. The monoisotopic (exact) mass is 321 g/mol. The van der Waals surface area contributed by atoms with E-state index >= 15 is 0 Å². The Balaban J connectivity index is 2.73. The van der Waals surface area contributed by atoms with Crippen molar-refractivity contribution in [1.29, 1.82) is 10.5 Å². The maximum atomic E-state index is 11.9. The van der Waals surface area contributed by atoms with E-state index in [4.69, 9.17) is 23.2 Å². The zero-order chi connectivity index (χ0) is 15.8. The predicted molar refractivity (Wildman–Crippen MR) is 75.2 cm³/mol. The van der Waals surface area contributed by atoms with Crippen LogP contribution in [0.15, 0.2) is 18.2 Å². The molecule has 0 saturated carbocycles. The molecule has 106 valence electrons. The number of nitriles is 2. The number of nitrogens with zero attached hydrogens (tertiary/aromatic N) is 2. The third-order valence-electron chi connectivity index (χ3n) is 3.74. The van der Waals surface area contributed by atoms with Gasteiger partial charge in [-0.2, -0.15) is 10.5 Å². The van der Waals surface area contributed by atoms with Crippen LogP contribution in [0, 0.1) is 34.5 Å². The molecule has 0 aromatic heterocycles. The summed E-state index contributed by atoms with van der Waals surface area (Å²) in [6.07, 6.45) is 0. The molecule has 2 amide bonds. The molecule has 1 aromatic rings. The fraction of sp³-hybridized carbons (Fsp3) is 0.286. The summed E-state index contributed by atoms with van der Waals surface area (Å²) in [5, 5.41) is 21.2. The van der Waals surface area contributed by atoms with Gasteiger partial charge in [-0.25, -0.2) is 0 Å². The summed E-state index contributed by atoms with van der Waals surface area (Å²) in [5.74, 6) is -3.89. The second-order valence-electron chi connectivity index (χ2n) is 4.88. The lowest BCUT2D eigenvalue weighted by molar-refractivity contribution is -0.140. The van der Waals surface area contributed by atoms with Gasteiger partial charge in [-0.15, -0.1) is 0 Å². The first-order chi connectivity index (χ1) is 9.86. The minimum atomic E-state index is -1.34. The molecular weight excluding hydrogens is 313 g/mol. The van der Waals surface area contributed by atoms with Crippen LogP contribution in [0.5, 0.6) is 0 Å². The normalized spacial score (nSPS) is 28.4. The Morgan fingerprint density at radius 1 is 1.14 bits per heavy atom. The molecule has 5 nitrogen and oxygen atoms in total. The van der Waals surface area contributed by atoms with Gasteiger partial charge in [0.25, 0.3) is 0 Å². The van der Waals surface area contributed by atoms with E-state index in [1.807, 2.05) is 17.5 Å². The number of amides is 2. The Kier molecular flexibility index (Phi) is 3.91. The van der Waals surface area contributed by atoms with Crippen molar-refractivity contribution in [2.75, 3.05) is 0 Å². The molecule has 0 radical (unpaired) electrons.